The van der Waals surface area contributed by atoms with Gasteiger partial charge < -0.3 is 15.5 Å². The average molecular weight is 462 g/mol. The highest BCUT2D eigenvalue weighted by molar-refractivity contribution is 7.12. The topological polar surface area (TPSA) is 78.5 Å². The first-order valence-electron chi connectivity index (χ1n) is 10.6. The van der Waals surface area contributed by atoms with Crippen molar-refractivity contribution in [2.45, 2.75) is 45.2 Å². The minimum absolute atomic E-state index is 0.0280. The highest BCUT2D eigenvalue weighted by atomic mass is 35.5. The fraction of sp³-hybridized carbons (Fsp3) is 0.435. The van der Waals surface area contributed by atoms with E-state index in [1.54, 1.807) is 35.2 Å². The summed E-state index contributed by atoms with van der Waals surface area (Å²) in [5.74, 6) is -0.485. The molecule has 3 rings (SSSR count). The third kappa shape index (κ3) is 6.08. The molecule has 0 saturated carbocycles. The SMILES string of the molecule is CC[C@H](C)NC(=O)[C@@H](NC(=O)c1cccs1)C1CCN(C(=O)c2ccc(Cl)cc2)CC1. The third-order valence-electron chi connectivity index (χ3n) is 5.70. The van der Waals surface area contributed by atoms with Gasteiger partial charge in [0.15, 0.2) is 0 Å². The molecule has 1 aliphatic heterocycles. The van der Waals surface area contributed by atoms with E-state index in [0.717, 1.165) is 6.42 Å². The van der Waals surface area contributed by atoms with Gasteiger partial charge in [0.1, 0.15) is 6.04 Å². The van der Waals surface area contributed by atoms with Crippen LogP contribution in [0.5, 0.6) is 0 Å². The molecule has 2 N–H and O–H groups in total. The molecule has 1 aromatic heterocycles. The van der Waals surface area contributed by atoms with Crippen molar-refractivity contribution >= 4 is 40.7 Å². The van der Waals surface area contributed by atoms with Crippen LogP contribution in [-0.2, 0) is 4.79 Å². The molecule has 1 aromatic carbocycles. The van der Waals surface area contributed by atoms with E-state index in [1.807, 2.05) is 25.3 Å². The van der Waals surface area contributed by atoms with Gasteiger partial charge >= 0.3 is 0 Å². The molecule has 0 spiro atoms. The summed E-state index contributed by atoms with van der Waals surface area (Å²) >= 11 is 7.26. The first kappa shape index (κ1) is 23.3. The van der Waals surface area contributed by atoms with E-state index in [2.05, 4.69) is 10.6 Å². The van der Waals surface area contributed by atoms with E-state index < -0.39 is 6.04 Å². The Labute approximate surface area is 192 Å². The maximum Gasteiger partial charge on any atom is 0.262 e. The summed E-state index contributed by atoms with van der Waals surface area (Å²) in [5, 5.41) is 8.37. The molecular formula is C23H28ClN3O3S. The first-order chi connectivity index (χ1) is 14.9. The Morgan fingerprint density at radius 1 is 1.13 bits per heavy atom. The van der Waals surface area contributed by atoms with Crippen molar-refractivity contribution in [3.8, 4) is 0 Å². The molecule has 0 bridgehead atoms. The van der Waals surface area contributed by atoms with Crippen LogP contribution < -0.4 is 10.6 Å². The molecule has 166 valence electrons. The number of nitrogens with one attached hydrogen (secondary N) is 2. The molecule has 0 radical (unpaired) electrons. The van der Waals surface area contributed by atoms with Crippen LogP contribution in [0.3, 0.4) is 0 Å². The summed E-state index contributed by atoms with van der Waals surface area (Å²) in [4.78, 5) is 40.8. The number of nitrogens with zero attached hydrogens (tertiary/aromatic N) is 1. The quantitative estimate of drug-likeness (QED) is 0.654. The first-order valence-corrected chi connectivity index (χ1v) is 11.8. The van der Waals surface area contributed by atoms with Crippen molar-refractivity contribution in [1.82, 2.24) is 15.5 Å². The van der Waals surface area contributed by atoms with E-state index in [1.165, 1.54) is 11.3 Å². The lowest BCUT2D eigenvalue weighted by Crippen LogP contribution is -2.55. The van der Waals surface area contributed by atoms with Gasteiger partial charge in [-0.1, -0.05) is 24.6 Å². The minimum Gasteiger partial charge on any atom is -0.352 e. The average Bonchev–Trinajstić information content (AvgIpc) is 3.32. The largest absolute Gasteiger partial charge is 0.352 e. The van der Waals surface area contributed by atoms with Crippen LogP contribution in [0, 0.1) is 5.92 Å². The smallest absolute Gasteiger partial charge is 0.262 e. The Hall–Kier alpha value is -2.38. The van der Waals surface area contributed by atoms with Gasteiger partial charge in [-0.25, -0.2) is 0 Å². The van der Waals surface area contributed by atoms with E-state index in [9.17, 15) is 14.4 Å². The number of carbonyl (C=O) groups is 3. The van der Waals surface area contributed by atoms with Crippen LogP contribution in [0.4, 0.5) is 0 Å². The molecular weight excluding hydrogens is 434 g/mol. The molecule has 2 aromatic rings. The zero-order valence-corrected chi connectivity index (χ0v) is 19.3. The van der Waals surface area contributed by atoms with E-state index in [0.29, 0.717) is 41.4 Å². The fourth-order valence-corrected chi connectivity index (χ4v) is 4.42. The molecule has 2 atom stereocenters. The predicted molar refractivity (Wildman–Crippen MR) is 124 cm³/mol. The van der Waals surface area contributed by atoms with Crippen LogP contribution in [0.1, 0.15) is 53.1 Å². The van der Waals surface area contributed by atoms with Gasteiger partial charge in [0.25, 0.3) is 11.8 Å². The number of rotatable bonds is 7. The summed E-state index contributed by atoms with van der Waals surface area (Å²) < 4.78 is 0. The van der Waals surface area contributed by atoms with Crippen molar-refractivity contribution < 1.29 is 14.4 Å². The summed E-state index contributed by atoms with van der Waals surface area (Å²) in [5.41, 5.74) is 0.597. The molecule has 1 aliphatic rings. The lowest BCUT2D eigenvalue weighted by Gasteiger charge is -2.36. The van der Waals surface area contributed by atoms with Gasteiger partial charge in [-0.2, -0.15) is 0 Å². The second kappa shape index (κ2) is 10.8. The molecule has 8 heteroatoms. The number of thiophene rings is 1. The summed E-state index contributed by atoms with van der Waals surface area (Å²) in [6.07, 6.45) is 2.09. The standard InChI is InChI=1S/C23H28ClN3O3S/c1-3-15(2)25-22(29)20(26-21(28)19-5-4-14-31-19)16-10-12-27(13-11-16)23(30)17-6-8-18(24)9-7-17/h4-9,14-16,20H,3,10-13H2,1-2H3,(H,25,29)(H,26,28)/t15-,20-/m0/s1. The number of amides is 3. The Bertz CT molecular complexity index is 893. The third-order valence-corrected chi connectivity index (χ3v) is 6.83. The molecule has 2 heterocycles. The Morgan fingerprint density at radius 2 is 1.81 bits per heavy atom. The van der Waals surface area contributed by atoms with Crippen molar-refractivity contribution in [2.75, 3.05) is 13.1 Å². The molecule has 0 unspecified atom stereocenters. The molecule has 1 saturated heterocycles. The second-order valence-corrected chi connectivity index (χ2v) is 9.27. The normalized spacial score (nSPS) is 16.4. The van der Waals surface area contributed by atoms with Crippen LogP contribution in [0.2, 0.25) is 5.02 Å². The Balaban J connectivity index is 1.66. The van der Waals surface area contributed by atoms with Gasteiger partial charge in [-0.15, -0.1) is 11.3 Å². The number of hydrogen-bond donors (Lipinski definition) is 2. The zero-order chi connectivity index (χ0) is 22.4. The van der Waals surface area contributed by atoms with E-state index in [4.69, 9.17) is 11.6 Å². The van der Waals surface area contributed by atoms with Crippen LogP contribution in [0.15, 0.2) is 41.8 Å². The van der Waals surface area contributed by atoms with Crippen molar-refractivity contribution in [1.29, 1.82) is 0 Å². The van der Waals surface area contributed by atoms with Gasteiger partial charge in [-0.3, -0.25) is 14.4 Å². The lowest BCUT2D eigenvalue weighted by molar-refractivity contribution is -0.125. The number of likely N-dealkylation sites (tertiary alicyclic amines) is 1. The molecule has 31 heavy (non-hydrogen) atoms. The number of hydrogen-bond acceptors (Lipinski definition) is 4. The summed E-state index contributed by atoms with van der Waals surface area (Å²) in [7, 11) is 0. The fourth-order valence-electron chi connectivity index (χ4n) is 3.66. The van der Waals surface area contributed by atoms with Crippen molar-refractivity contribution in [2.24, 2.45) is 5.92 Å². The zero-order valence-electron chi connectivity index (χ0n) is 17.8. The van der Waals surface area contributed by atoms with Gasteiger partial charge in [0.05, 0.1) is 4.88 Å². The highest BCUT2D eigenvalue weighted by Crippen LogP contribution is 2.24. The molecule has 6 nitrogen and oxygen atoms in total. The summed E-state index contributed by atoms with van der Waals surface area (Å²) in [6.45, 7) is 5.02. The Morgan fingerprint density at radius 3 is 2.39 bits per heavy atom. The van der Waals surface area contributed by atoms with Gasteiger partial charge in [-0.05, 0) is 67.8 Å². The number of halogens is 1. The predicted octanol–water partition coefficient (Wildman–Crippen LogP) is 3.97. The van der Waals surface area contributed by atoms with Crippen LogP contribution in [0.25, 0.3) is 0 Å². The monoisotopic (exact) mass is 461 g/mol. The summed E-state index contributed by atoms with van der Waals surface area (Å²) in [6, 6.07) is 9.82. The molecule has 3 amide bonds. The van der Waals surface area contributed by atoms with Crippen molar-refractivity contribution in [3.63, 3.8) is 0 Å². The number of piperidine rings is 1. The van der Waals surface area contributed by atoms with Gasteiger partial charge in [0.2, 0.25) is 5.91 Å². The minimum atomic E-state index is -0.628. The van der Waals surface area contributed by atoms with Gasteiger partial charge in [0, 0.05) is 29.7 Å². The Kier molecular flexibility index (Phi) is 8.09. The molecule has 0 aliphatic carbocycles. The maximum absolute atomic E-state index is 13.0. The number of benzene rings is 1. The second-order valence-electron chi connectivity index (χ2n) is 7.88. The number of carbonyl (C=O) groups excluding carboxylic acids is 3. The van der Waals surface area contributed by atoms with Crippen LogP contribution >= 0.6 is 22.9 Å². The lowest BCUT2D eigenvalue weighted by atomic mass is 9.88. The maximum atomic E-state index is 13.0. The van der Waals surface area contributed by atoms with E-state index in [-0.39, 0.29) is 29.7 Å². The van der Waals surface area contributed by atoms with Crippen LogP contribution in [-0.4, -0.2) is 47.8 Å². The molecule has 1 fully saturated rings. The van der Waals surface area contributed by atoms with Crippen molar-refractivity contribution in [3.05, 3.63) is 57.2 Å². The van der Waals surface area contributed by atoms with E-state index >= 15 is 0 Å². The highest BCUT2D eigenvalue weighted by Gasteiger charge is 2.34.